The molecule has 2 nitrogen and oxygen atoms in total. The van der Waals surface area contributed by atoms with Crippen LogP contribution in [-0.4, -0.2) is 29.8 Å². The summed E-state index contributed by atoms with van der Waals surface area (Å²) in [7, 11) is 0. The van der Waals surface area contributed by atoms with E-state index < -0.39 is 0 Å². The minimum atomic E-state index is -0.281. The number of nitrogens with zero attached hydrogens (tertiary/aromatic N) is 1. The zero-order valence-corrected chi connectivity index (χ0v) is 11.7. The molecule has 1 fully saturated rings. The number of rotatable bonds is 4. The van der Waals surface area contributed by atoms with Crippen LogP contribution in [0.15, 0.2) is 24.3 Å². The van der Waals surface area contributed by atoms with Crippen LogP contribution < -0.4 is 0 Å². The summed E-state index contributed by atoms with van der Waals surface area (Å²) in [6.45, 7) is 5.86. The maximum atomic E-state index is 13.5. The molecule has 1 heterocycles. The highest BCUT2D eigenvalue weighted by molar-refractivity contribution is 5.82. The van der Waals surface area contributed by atoms with Crippen LogP contribution in [0.2, 0.25) is 0 Å². The van der Waals surface area contributed by atoms with Crippen LogP contribution in [-0.2, 0) is 11.2 Å². The first-order valence-corrected chi connectivity index (χ1v) is 7.05. The molecule has 0 spiro atoms. The molecule has 1 aromatic rings. The normalized spacial score (nSPS) is 24.4. The molecule has 19 heavy (non-hydrogen) atoms. The Morgan fingerprint density at radius 2 is 2.11 bits per heavy atom. The third-order valence-electron chi connectivity index (χ3n) is 4.00. The molecule has 1 saturated heterocycles. The summed E-state index contributed by atoms with van der Waals surface area (Å²) in [5, 5.41) is 0. The monoisotopic (exact) mass is 263 g/mol. The van der Waals surface area contributed by atoms with Gasteiger partial charge in [0.25, 0.3) is 0 Å². The van der Waals surface area contributed by atoms with E-state index in [1.165, 1.54) is 6.07 Å². The second-order valence-electron chi connectivity index (χ2n) is 5.76. The summed E-state index contributed by atoms with van der Waals surface area (Å²) in [6.07, 6.45) is 2.50. The molecule has 2 atom stereocenters. The summed E-state index contributed by atoms with van der Waals surface area (Å²) in [5.74, 6) is 0.565. The van der Waals surface area contributed by atoms with E-state index in [0.29, 0.717) is 18.2 Å². The minimum absolute atomic E-state index is 0.103. The highest BCUT2D eigenvalue weighted by Crippen LogP contribution is 2.22. The Kier molecular flexibility index (Phi) is 4.70. The average Bonchev–Trinajstić information content (AvgIpc) is 2.36. The Balaban J connectivity index is 1.90. The van der Waals surface area contributed by atoms with Crippen molar-refractivity contribution in [1.29, 1.82) is 0 Å². The summed E-state index contributed by atoms with van der Waals surface area (Å²) in [5.41, 5.74) is 0.505. The van der Waals surface area contributed by atoms with E-state index in [9.17, 15) is 9.18 Å². The highest BCUT2D eigenvalue weighted by Gasteiger charge is 2.24. The number of hydrogen-bond donors (Lipinski definition) is 0. The summed E-state index contributed by atoms with van der Waals surface area (Å²) < 4.78 is 13.5. The summed E-state index contributed by atoms with van der Waals surface area (Å²) >= 11 is 0. The van der Waals surface area contributed by atoms with Gasteiger partial charge < -0.3 is 0 Å². The number of halogens is 1. The molecule has 0 bridgehead atoms. The lowest BCUT2D eigenvalue weighted by molar-refractivity contribution is -0.120. The van der Waals surface area contributed by atoms with Gasteiger partial charge >= 0.3 is 0 Å². The summed E-state index contributed by atoms with van der Waals surface area (Å²) in [4.78, 5) is 14.3. The highest BCUT2D eigenvalue weighted by atomic mass is 19.1. The fourth-order valence-corrected chi connectivity index (χ4v) is 2.83. The van der Waals surface area contributed by atoms with Crippen molar-refractivity contribution in [3.63, 3.8) is 0 Å². The first-order chi connectivity index (χ1) is 9.06. The lowest BCUT2D eigenvalue weighted by Crippen LogP contribution is -2.43. The number of likely N-dealkylation sites (tertiary alicyclic amines) is 1. The van der Waals surface area contributed by atoms with Gasteiger partial charge in [0.15, 0.2) is 5.78 Å². The number of piperidine rings is 1. The molecule has 0 aromatic heterocycles. The molecular formula is C16H22FNO. The second kappa shape index (κ2) is 6.29. The quantitative estimate of drug-likeness (QED) is 0.832. The third kappa shape index (κ3) is 3.87. The van der Waals surface area contributed by atoms with E-state index in [1.54, 1.807) is 18.2 Å². The van der Waals surface area contributed by atoms with E-state index >= 15 is 0 Å². The molecule has 3 heteroatoms. The van der Waals surface area contributed by atoms with Gasteiger partial charge in [-0.1, -0.05) is 25.1 Å². The molecule has 0 aliphatic carbocycles. The molecule has 2 rings (SSSR count). The van der Waals surface area contributed by atoms with Crippen molar-refractivity contribution in [3.05, 3.63) is 35.6 Å². The van der Waals surface area contributed by atoms with Crippen LogP contribution in [0.25, 0.3) is 0 Å². The maximum Gasteiger partial charge on any atom is 0.151 e. The smallest absolute Gasteiger partial charge is 0.151 e. The van der Waals surface area contributed by atoms with Crippen molar-refractivity contribution in [2.75, 3.05) is 13.1 Å². The number of carbonyl (C=O) groups excluding carboxylic acids is 1. The third-order valence-corrected chi connectivity index (χ3v) is 4.00. The van der Waals surface area contributed by atoms with E-state index in [1.807, 2.05) is 0 Å². The van der Waals surface area contributed by atoms with Gasteiger partial charge in [-0.15, -0.1) is 0 Å². The van der Waals surface area contributed by atoms with E-state index in [0.717, 1.165) is 25.3 Å². The maximum absolute atomic E-state index is 13.5. The molecular weight excluding hydrogens is 241 g/mol. The topological polar surface area (TPSA) is 20.3 Å². The molecule has 0 saturated carbocycles. The Labute approximate surface area is 114 Å². The zero-order valence-electron chi connectivity index (χ0n) is 11.7. The number of Topliss-reactive ketones (excluding diaryl/α,β-unsaturated/α-hetero) is 1. The van der Waals surface area contributed by atoms with Crippen LogP contribution in [0.4, 0.5) is 4.39 Å². The predicted molar refractivity (Wildman–Crippen MR) is 74.5 cm³/mol. The predicted octanol–water partition coefficient (Wildman–Crippen LogP) is 3.06. The van der Waals surface area contributed by atoms with Gasteiger partial charge in [-0.25, -0.2) is 4.39 Å². The van der Waals surface area contributed by atoms with Gasteiger partial charge in [0.1, 0.15) is 5.82 Å². The number of benzene rings is 1. The Morgan fingerprint density at radius 3 is 2.79 bits per heavy atom. The Hall–Kier alpha value is -1.22. The van der Waals surface area contributed by atoms with Crippen LogP contribution in [0, 0.1) is 11.7 Å². The van der Waals surface area contributed by atoms with Crippen LogP contribution >= 0.6 is 0 Å². The van der Waals surface area contributed by atoms with Gasteiger partial charge in [0.2, 0.25) is 0 Å². The molecule has 104 valence electrons. The van der Waals surface area contributed by atoms with Crippen molar-refractivity contribution in [1.82, 2.24) is 4.90 Å². The molecule has 1 aromatic carbocycles. The lowest BCUT2D eigenvalue weighted by Gasteiger charge is -2.36. The van der Waals surface area contributed by atoms with Crippen molar-refractivity contribution >= 4 is 5.78 Å². The van der Waals surface area contributed by atoms with Crippen molar-refractivity contribution in [3.8, 4) is 0 Å². The zero-order chi connectivity index (χ0) is 13.8. The summed E-state index contributed by atoms with van der Waals surface area (Å²) in [6, 6.07) is 6.98. The van der Waals surface area contributed by atoms with Crippen molar-refractivity contribution in [2.45, 2.75) is 39.2 Å². The van der Waals surface area contributed by atoms with E-state index in [-0.39, 0.29) is 18.0 Å². The van der Waals surface area contributed by atoms with Crippen LogP contribution in [0.3, 0.4) is 0 Å². The SMILES string of the molecule is CC1CCN(CC(=O)Cc2ccccc2F)C(C)C1. The van der Waals surface area contributed by atoms with Gasteiger partial charge in [0, 0.05) is 12.5 Å². The van der Waals surface area contributed by atoms with Gasteiger partial charge in [-0.05, 0) is 43.9 Å². The first kappa shape index (κ1) is 14.2. The van der Waals surface area contributed by atoms with E-state index in [4.69, 9.17) is 0 Å². The standard InChI is InChI=1S/C16H22FNO/c1-12-7-8-18(13(2)9-12)11-15(19)10-14-5-3-4-6-16(14)17/h3-6,12-13H,7-11H2,1-2H3. The molecule has 2 unspecified atom stereocenters. The average molecular weight is 263 g/mol. The number of ketones is 1. The van der Waals surface area contributed by atoms with E-state index in [2.05, 4.69) is 18.7 Å². The van der Waals surface area contributed by atoms with Gasteiger partial charge in [0.05, 0.1) is 6.54 Å². The lowest BCUT2D eigenvalue weighted by atomic mass is 9.93. The molecule has 0 radical (unpaired) electrons. The van der Waals surface area contributed by atoms with Gasteiger partial charge in [-0.2, -0.15) is 0 Å². The second-order valence-corrected chi connectivity index (χ2v) is 5.76. The van der Waals surface area contributed by atoms with Crippen molar-refractivity contribution < 1.29 is 9.18 Å². The molecule has 0 N–H and O–H groups in total. The molecule has 1 aliphatic heterocycles. The Morgan fingerprint density at radius 1 is 1.37 bits per heavy atom. The fraction of sp³-hybridized carbons (Fsp3) is 0.562. The largest absolute Gasteiger partial charge is 0.298 e. The first-order valence-electron chi connectivity index (χ1n) is 7.05. The minimum Gasteiger partial charge on any atom is -0.298 e. The van der Waals surface area contributed by atoms with Crippen molar-refractivity contribution in [2.24, 2.45) is 5.92 Å². The molecule has 1 aliphatic rings. The van der Waals surface area contributed by atoms with Gasteiger partial charge in [-0.3, -0.25) is 9.69 Å². The van der Waals surface area contributed by atoms with Crippen LogP contribution in [0.1, 0.15) is 32.3 Å². The molecule has 0 amide bonds. The number of hydrogen-bond acceptors (Lipinski definition) is 2. The number of carbonyl (C=O) groups is 1. The van der Waals surface area contributed by atoms with Crippen LogP contribution in [0.5, 0.6) is 0 Å². The fourth-order valence-electron chi connectivity index (χ4n) is 2.83. The Bertz CT molecular complexity index is 446.